The molecule has 0 atom stereocenters. The summed E-state index contributed by atoms with van der Waals surface area (Å²) in [7, 11) is 0. The summed E-state index contributed by atoms with van der Waals surface area (Å²) in [6.45, 7) is 2.60. The van der Waals surface area contributed by atoms with E-state index in [1.54, 1.807) is 18.2 Å². The van der Waals surface area contributed by atoms with Crippen LogP contribution in [0.3, 0.4) is 0 Å². The van der Waals surface area contributed by atoms with Crippen molar-refractivity contribution in [2.24, 2.45) is 4.99 Å². The van der Waals surface area contributed by atoms with Gasteiger partial charge in [-0.05, 0) is 42.9 Å². The number of thiocarbonyl (C=S) groups is 1. The van der Waals surface area contributed by atoms with Crippen LogP contribution in [0.25, 0.3) is 11.3 Å². The molecule has 5 nitrogen and oxygen atoms in total. The quantitative estimate of drug-likeness (QED) is 0.646. The highest BCUT2D eigenvalue weighted by molar-refractivity contribution is 7.80. The van der Waals surface area contributed by atoms with Crippen LogP contribution in [0.4, 0.5) is 10.1 Å². The largest absolute Gasteiger partial charge is 0.478 e. The fourth-order valence-electron chi connectivity index (χ4n) is 2.37. The lowest BCUT2D eigenvalue weighted by molar-refractivity contribution is 0.301. The van der Waals surface area contributed by atoms with Crippen molar-refractivity contribution in [3.8, 4) is 17.1 Å². The number of nitrogens with zero attached hydrogens (tertiary/aromatic N) is 2. The van der Waals surface area contributed by atoms with Crippen molar-refractivity contribution in [3.63, 3.8) is 0 Å². The molecule has 27 heavy (non-hydrogen) atoms. The highest BCUT2D eigenvalue weighted by Crippen LogP contribution is 2.14. The molecule has 0 fully saturated rings. The number of nitrogens with one attached hydrogen (secondary N) is 2. The molecule has 2 aromatic carbocycles. The Labute approximate surface area is 161 Å². The van der Waals surface area contributed by atoms with E-state index in [1.165, 1.54) is 12.1 Å². The molecule has 1 heterocycles. The molecule has 7 heteroatoms. The van der Waals surface area contributed by atoms with E-state index < -0.39 is 0 Å². The summed E-state index contributed by atoms with van der Waals surface area (Å²) in [5, 5.41) is 11.1. The lowest BCUT2D eigenvalue weighted by Crippen LogP contribution is -2.17. The van der Waals surface area contributed by atoms with Gasteiger partial charge in [-0.15, -0.1) is 0 Å². The number of rotatable bonds is 5. The first-order valence-electron chi connectivity index (χ1n) is 8.55. The van der Waals surface area contributed by atoms with E-state index in [0.717, 1.165) is 12.0 Å². The molecule has 0 bridgehead atoms. The number of halogens is 1. The second-order valence-electron chi connectivity index (χ2n) is 5.73. The zero-order valence-corrected chi connectivity index (χ0v) is 15.6. The van der Waals surface area contributed by atoms with Crippen LogP contribution in [0, 0.1) is 5.82 Å². The minimum absolute atomic E-state index is 0.244. The number of hydrogen-bond donors (Lipinski definition) is 2. The van der Waals surface area contributed by atoms with Crippen molar-refractivity contribution >= 4 is 23.0 Å². The zero-order chi connectivity index (χ0) is 19.1. The number of H-pyrrole nitrogens is 1. The highest BCUT2D eigenvalue weighted by Gasteiger charge is 2.07. The molecular formula is C20H19FN4OS. The standard InChI is InChI=1S/C20H19FN4OS/c1-2-12-26-18-13-17(19(25-24-18)14-6-4-3-5-7-14)23-20(27)22-16-10-8-15(21)9-11-16/h3-11,13H,2,12H2,1H3,(H2,22,23,24,27). The fraction of sp³-hybridized carbons (Fsp3) is 0.150. The van der Waals surface area contributed by atoms with Crippen molar-refractivity contribution in [1.29, 1.82) is 0 Å². The second-order valence-corrected chi connectivity index (χ2v) is 6.12. The van der Waals surface area contributed by atoms with E-state index in [-0.39, 0.29) is 10.9 Å². The third-order valence-corrected chi connectivity index (χ3v) is 3.81. The molecule has 1 aromatic heterocycles. The molecule has 0 saturated carbocycles. The Balaban J connectivity index is 1.95. The molecule has 0 radical (unpaired) electrons. The first-order valence-corrected chi connectivity index (χ1v) is 8.96. The molecule has 2 N–H and O–H groups in total. The molecule has 0 amide bonds. The van der Waals surface area contributed by atoms with E-state index in [1.807, 2.05) is 37.3 Å². The lowest BCUT2D eigenvalue weighted by atomic mass is 10.1. The summed E-state index contributed by atoms with van der Waals surface area (Å²) in [4.78, 5) is 4.49. The van der Waals surface area contributed by atoms with Crippen LogP contribution < -0.4 is 15.4 Å². The Morgan fingerprint density at radius 2 is 1.93 bits per heavy atom. The zero-order valence-electron chi connectivity index (χ0n) is 14.8. The van der Waals surface area contributed by atoms with E-state index in [4.69, 9.17) is 17.0 Å². The Bertz CT molecular complexity index is 971. The summed E-state index contributed by atoms with van der Waals surface area (Å²) in [5.74, 6) is 0.204. The topological polar surface area (TPSA) is 62.3 Å². The molecule has 3 rings (SSSR count). The summed E-state index contributed by atoms with van der Waals surface area (Å²) in [5.41, 5.74) is 2.21. The Morgan fingerprint density at radius 1 is 1.19 bits per heavy atom. The first-order chi connectivity index (χ1) is 13.2. The number of ether oxygens (including phenoxy) is 1. The van der Waals surface area contributed by atoms with Crippen LogP contribution >= 0.6 is 12.2 Å². The number of benzene rings is 2. The highest BCUT2D eigenvalue weighted by atomic mass is 32.1. The van der Waals surface area contributed by atoms with E-state index in [9.17, 15) is 4.39 Å². The van der Waals surface area contributed by atoms with Crippen LogP contribution in [0.5, 0.6) is 5.88 Å². The Morgan fingerprint density at radius 3 is 2.63 bits per heavy atom. The van der Waals surface area contributed by atoms with Gasteiger partial charge in [0.05, 0.1) is 12.0 Å². The molecule has 0 aliphatic carbocycles. The molecule has 0 spiro atoms. The minimum Gasteiger partial charge on any atom is -0.478 e. The molecule has 0 aliphatic heterocycles. The summed E-state index contributed by atoms with van der Waals surface area (Å²) >= 11 is 5.34. The van der Waals surface area contributed by atoms with Gasteiger partial charge in [-0.2, -0.15) is 5.10 Å². The van der Waals surface area contributed by atoms with Gasteiger partial charge in [0.25, 0.3) is 0 Å². The average molecular weight is 382 g/mol. The third-order valence-electron chi connectivity index (χ3n) is 3.61. The first kappa shape index (κ1) is 18.7. The predicted octanol–water partition coefficient (Wildman–Crippen LogP) is 4.30. The normalized spacial score (nSPS) is 11.3. The van der Waals surface area contributed by atoms with Gasteiger partial charge >= 0.3 is 0 Å². The maximum absolute atomic E-state index is 13.0. The van der Waals surface area contributed by atoms with Crippen LogP contribution in [-0.2, 0) is 0 Å². The van der Waals surface area contributed by atoms with Gasteiger partial charge in [0.2, 0.25) is 5.88 Å². The van der Waals surface area contributed by atoms with Crippen molar-refractivity contribution in [2.75, 3.05) is 11.9 Å². The predicted molar refractivity (Wildman–Crippen MR) is 108 cm³/mol. The van der Waals surface area contributed by atoms with Gasteiger partial charge in [0.1, 0.15) is 11.5 Å². The lowest BCUT2D eigenvalue weighted by Gasteiger charge is -2.08. The van der Waals surface area contributed by atoms with Crippen molar-refractivity contribution < 1.29 is 9.13 Å². The Hall–Kier alpha value is -3.06. The van der Waals surface area contributed by atoms with Crippen molar-refractivity contribution in [2.45, 2.75) is 13.3 Å². The van der Waals surface area contributed by atoms with Gasteiger partial charge in [-0.25, -0.2) is 14.5 Å². The number of aromatic nitrogens is 2. The molecular weight excluding hydrogens is 363 g/mol. The molecule has 0 saturated heterocycles. The van der Waals surface area contributed by atoms with Gasteiger partial charge in [-0.1, -0.05) is 37.3 Å². The van der Waals surface area contributed by atoms with Crippen molar-refractivity contribution in [1.82, 2.24) is 10.2 Å². The smallest absolute Gasteiger partial charge is 0.209 e. The molecule has 138 valence electrons. The molecule has 0 unspecified atom stereocenters. The third kappa shape index (κ3) is 5.21. The van der Waals surface area contributed by atoms with Crippen LogP contribution in [-0.4, -0.2) is 21.9 Å². The fourth-order valence-corrected chi connectivity index (χ4v) is 2.58. The monoisotopic (exact) mass is 382 g/mol. The number of hydrogen-bond acceptors (Lipinski definition) is 3. The number of aromatic amines is 1. The molecule has 3 aromatic rings. The average Bonchev–Trinajstić information content (AvgIpc) is 2.69. The summed E-state index contributed by atoms with van der Waals surface area (Å²) < 4.78 is 18.7. The van der Waals surface area contributed by atoms with Gasteiger partial charge in [-0.3, -0.25) is 0 Å². The SMILES string of the molecule is CCCOc1cc(=NC(=S)Nc2ccc(F)cc2)c(-c2ccccc2)n[nH]1. The number of anilines is 1. The van der Waals surface area contributed by atoms with E-state index in [0.29, 0.717) is 29.2 Å². The minimum atomic E-state index is -0.310. The summed E-state index contributed by atoms with van der Waals surface area (Å²) in [6.07, 6.45) is 0.880. The Kier molecular flexibility index (Phi) is 6.27. The van der Waals surface area contributed by atoms with E-state index >= 15 is 0 Å². The van der Waals surface area contributed by atoms with Crippen LogP contribution in [0.1, 0.15) is 13.3 Å². The van der Waals surface area contributed by atoms with Gasteiger partial charge in [0, 0.05) is 17.3 Å². The maximum atomic E-state index is 13.0. The van der Waals surface area contributed by atoms with Crippen LogP contribution in [0.15, 0.2) is 65.7 Å². The maximum Gasteiger partial charge on any atom is 0.209 e. The van der Waals surface area contributed by atoms with Crippen LogP contribution in [0.2, 0.25) is 0 Å². The van der Waals surface area contributed by atoms with Gasteiger partial charge < -0.3 is 10.1 Å². The van der Waals surface area contributed by atoms with Crippen molar-refractivity contribution in [3.05, 3.63) is 71.8 Å². The second kappa shape index (κ2) is 9.05. The summed E-state index contributed by atoms with van der Waals surface area (Å²) in [6, 6.07) is 17.4. The van der Waals surface area contributed by atoms with Gasteiger partial charge in [0.15, 0.2) is 5.11 Å². The molecule has 0 aliphatic rings. The van der Waals surface area contributed by atoms with E-state index in [2.05, 4.69) is 20.5 Å².